The first kappa shape index (κ1) is 28.2. The highest BCUT2D eigenvalue weighted by Crippen LogP contribution is 2.40. The number of carbonyl (C=O) groups excluding carboxylic acids is 1. The Morgan fingerprint density at radius 2 is 1.78 bits per heavy atom. The van der Waals surface area contributed by atoms with E-state index in [1.165, 1.54) is 0 Å². The Labute approximate surface area is 238 Å². The van der Waals surface area contributed by atoms with Crippen LogP contribution in [0.15, 0.2) is 85.3 Å². The standard InChI is InChI=1S/C32H32FN4O3P/c1-21-28(14-11-22(31(21)33)17-30(38)36-23-19-35-37(20-23)32(2,3)4)40-29-15-16-34-27-13-12-25(18-26(27)29)41(5,39)24-9-7-6-8-10-24/h6-16,18-20H,17H2,1-5H3,(H,36,38)/t41-/m0/s1. The number of anilines is 1. The van der Waals surface area contributed by atoms with Gasteiger partial charge in [0.1, 0.15) is 24.5 Å². The highest BCUT2D eigenvalue weighted by Gasteiger charge is 2.22. The fourth-order valence-electron chi connectivity index (χ4n) is 4.55. The summed E-state index contributed by atoms with van der Waals surface area (Å²) < 4.78 is 37.1. The van der Waals surface area contributed by atoms with Gasteiger partial charge >= 0.3 is 0 Å². The summed E-state index contributed by atoms with van der Waals surface area (Å²) in [6, 6.07) is 19.7. The molecule has 210 valence electrons. The number of carbonyl (C=O) groups is 1. The minimum Gasteiger partial charge on any atom is -0.456 e. The van der Waals surface area contributed by atoms with E-state index in [4.69, 9.17) is 4.74 Å². The van der Waals surface area contributed by atoms with Crippen LogP contribution < -0.4 is 20.7 Å². The van der Waals surface area contributed by atoms with E-state index in [2.05, 4.69) is 15.4 Å². The van der Waals surface area contributed by atoms with Gasteiger partial charge in [-0.2, -0.15) is 5.10 Å². The molecule has 0 saturated heterocycles. The van der Waals surface area contributed by atoms with Crippen LogP contribution in [-0.4, -0.2) is 27.3 Å². The first-order valence-electron chi connectivity index (χ1n) is 13.3. The Morgan fingerprint density at radius 3 is 2.49 bits per heavy atom. The molecule has 2 aromatic heterocycles. The van der Waals surface area contributed by atoms with Gasteiger partial charge < -0.3 is 14.6 Å². The number of benzene rings is 3. The molecule has 1 N–H and O–H groups in total. The normalized spacial score (nSPS) is 13.1. The van der Waals surface area contributed by atoms with Gasteiger partial charge in [0, 0.05) is 34.0 Å². The summed E-state index contributed by atoms with van der Waals surface area (Å²) in [6.07, 6.45) is 4.80. The van der Waals surface area contributed by atoms with Crippen molar-refractivity contribution in [1.29, 1.82) is 0 Å². The van der Waals surface area contributed by atoms with Crippen molar-refractivity contribution < 1.29 is 18.5 Å². The van der Waals surface area contributed by atoms with Gasteiger partial charge in [0.2, 0.25) is 5.91 Å². The molecule has 2 heterocycles. The van der Waals surface area contributed by atoms with Crippen molar-refractivity contribution in [2.24, 2.45) is 0 Å². The number of fused-ring (bicyclic) bond motifs is 1. The third kappa shape index (κ3) is 5.93. The Hall–Kier alpha value is -4.29. The molecule has 1 amide bonds. The lowest BCUT2D eigenvalue weighted by atomic mass is 10.1. The Kier molecular flexibility index (Phi) is 7.54. The SMILES string of the molecule is Cc1c(Oc2ccnc3ccc([P@@](C)(=O)c4ccccc4)cc23)ccc(CC(=O)Nc2cnn(C(C)(C)C)c2)c1F. The molecule has 0 aliphatic rings. The fraction of sp³-hybridized carbons (Fsp3) is 0.219. The van der Waals surface area contributed by atoms with Crippen LogP contribution in [0, 0.1) is 12.7 Å². The Bertz CT molecular complexity index is 1790. The Balaban J connectivity index is 1.38. The van der Waals surface area contributed by atoms with Crippen LogP contribution in [0.3, 0.4) is 0 Å². The number of hydrogen-bond acceptors (Lipinski definition) is 5. The van der Waals surface area contributed by atoms with E-state index in [1.807, 2.05) is 69.3 Å². The van der Waals surface area contributed by atoms with Crippen molar-refractivity contribution >= 4 is 40.2 Å². The van der Waals surface area contributed by atoms with Gasteiger partial charge in [-0.15, -0.1) is 0 Å². The molecule has 0 aliphatic carbocycles. The minimum atomic E-state index is -2.86. The second-order valence-corrected chi connectivity index (χ2v) is 14.0. The predicted octanol–water partition coefficient (Wildman–Crippen LogP) is 6.55. The van der Waals surface area contributed by atoms with Gasteiger partial charge in [0.05, 0.1) is 29.4 Å². The lowest BCUT2D eigenvalue weighted by Gasteiger charge is -2.18. The van der Waals surface area contributed by atoms with Crippen molar-refractivity contribution in [2.75, 3.05) is 12.0 Å². The van der Waals surface area contributed by atoms with Crippen molar-refractivity contribution in [1.82, 2.24) is 14.8 Å². The molecule has 0 radical (unpaired) electrons. The zero-order valence-electron chi connectivity index (χ0n) is 23.7. The average molecular weight is 571 g/mol. The van der Waals surface area contributed by atoms with E-state index in [0.717, 1.165) is 5.30 Å². The highest BCUT2D eigenvalue weighted by atomic mass is 31.2. The second-order valence-electron chi connectivity index (χ2n) is 11.1. The molecule has 0 fully saturated rings. The molecule has 0 aliphatic heterocycles. The van der Waals surface area contributed by atoms with Crippen molar-refractivity contribution in [3.05, 3.63) is 102 Å². The topological polar surface area (TPSA) is 86.1 Å². The Morgan fingerprint density at radius 1 is 1.02 bits per heavy atom. The summed E-state index contributed by atoms with van der Waals surface area (Å²) in [5, 5.41) is 9.16. The monoisotopic (exact) mass is 570 g/mol. The van der Waals surface area contributed by atoms with Crippen molar-refractivity contribution in [3.63, 3.8) is 0 Å². The van der Waals surface area contributed by atoms with Crippen LogP contribution in [0.2, 0.25) is 0 Å². The lowest BCUT2D eigenvalue weighted by Crippen LogP contribution is -2.22. The molecule has 7 nitrogen and oxygen atoms in total. The van der Waals surface area contributed by atoms with Gasteiger partial charge in [0.25, 0.3) is 0 Å². The highest BCUT2D eigenvalue weighted by molar-refractivity contribution is 7.78. The van der Waals surface area contributed by atoms with E-state index in [-0.39, 0.29) is 29.0 Å². The summed E-state index contributed by atoms with van der Waals surface area (Å²) in [4.78, 5) is 17.1. The van der Waals surface area contributed by atoms with E-state index in [1.54, 1.807) is 55.1 Å². The summed E-state index contributed by atoms with van der Waals surface area (Å²) in [6.45, 7) is 9.38. The molecule has 5 rings (SSSR count). The number of rotatable bonds is 7. The van der Waals surface area contributed by atoms with Gasteiger partial charge in [-0.05, 0) is 70.3 Å². The molecule has 3 aromatic carbocycles. The van der Waals surface area contributed by atoms with E-state index in [0.29, 0.717) is 33.4 Å². The first-order valence-corrected chi connectivity index (χ1v) is 15.4. The van der Waals surface area contributed by atoms with Crippen LogP contribution in [-0.2, 0) is 21.3 Å². The van der Waals surface area contributed by atoms with Crippen LogP contribution >= 0.6 is 7.14 Å². The molecule has 0 spiro atoms. The summed E-state index contributed by atoms with van der Waals surface area (Å²) in [5.74, 6) is -0.0720. The van der Waals surface area contributed by atoms with Gasteiger partial charge in [0.15, 0.2) is 0 Å². The quantitative estimate of drug-likeness (QED) is 0.224. The third-order valence-electron chi connectivity index (χ3n) is 6.97. The number of nitrogens with one attached hydrogen (secondary N) is 1. The molecule has 0 saturated carbocycles. The number of hydrogen-bond donors (Lipinski definition) is 1. The van der Waals surface area contributed by atoms with E-state index in [9.17, 15) is 9.36 Å². The van der Waals surface area contributed by atoms with Gasteiger partial charge in [-0.1, -0.05) is 36.4 Å². The van der Waals surface area contributed by atoms with Gasteiger partial charge in [-0.25, -0.2) is 4.39 Å². The number of pyridine rings is 1. The molecule has 0 unspecified atom stereocenters. The van der Waals surface area contributed by atoms with Gasteiger partial charge in [-0.3, -0.25) is 14.5 Å². The van der Waals surface area contributed by atoms with Crippen molar-refractivity contribution in [2.45, 2.75) is 39.7 Å². The smallest absolute Gasteiger partial charge is 0.228 e. The van der Waals surface area contributed by atoms with Crippen molar-refractivity contribution in [3.8, 4) is 11.5 Å². The zero-order chi connectivity index (χ0) is 29.4. The maximum atomic E-state index is 15.4. The molecule has 1 atom stereocenters. The van der Waals surface area contributed by atoms with E-state index < -0.39 is 13.0 Å². The maximum Gasteiger partial charge on any atom is 0.228 e. The summed E-state index contributed by atoms with van der Waals surface area (Å²) >= 11 is 0. The number of halogens is 1. The van der Waals surface area contributed by atoms with Crippen LogP contribution in [0.5, 0.6) is 11.5 Å². The third-order valence-corrected chi connectivity index (χ3v) is 9.52. The molecular weight excluding hydrogens is 538 g/mol. The number of aromatic nitrogens is 3. The average Bonchev–Trinajstić information content (AvgIpc) is 3.42. The predicted molar refractivity (Wildman–Crippen MR) is 162 cm³/mol. The molecule has 9 heteroatoms. The minimum absolute atomic E-state index is 0.138. The summed E-state index contributed by atoms with van der Waals surface area (Å²) in [5.41, 5.74) is 1.53. The number of amides is 1. The number of nitrogens with zero attached hydrogens (tertiary/aromatic N) is 3. The summed E-state index contributed by atoms with van der Waals surface area (Å²) in [7, 11) is -2.86. The molecule has 0 bridgehead atoms. The van der Waals surface area contributed by atoms with Crippen LogP contribution in [0.25, 0.3) is 10.9 Å². The second kappa shape index (κ2) is 10.9. The fourth-order valence-corrected chi connectivity index (χ4v) is 6.32. The zero-order valence-corrected chi connectivity index (χ0v) is 24.6. The maximum absolute atomic E-state index is 15.4. The first-order chi connectivity index (χ1) is 19.4. The van der Waals surface area contributed by atoms with E-state index >= 15 is 4.39 Å². The molecular formula is C32H32FN4O3P. The largest absolute Gasteiger partial charge is 0.456 e. The molecule has 41 heavy (non-hydrogen) atoms. The van der Waals surface area contributed by atoms with Crippen LogP contribution in [0.1, 0.15) is 31.9 Å². The molecule has 5 aromatic rings. The number of ether oxygens (including phenoxy) is 1. The van der Waals surface area contributed by atoms with Crippen LogP contribution in [0.4, 0.5) is 10.1 Å². The lowest BCUT2D eigenvalue weighted by molar-refractivity contribution is -0.115.